The van der Waals surface area contributed by atoms with E-state index in [9.17, 15) is 4.79 Å². The van der Waals surface area contributed by atoms with Gasteiger partial charge >= 0.3 is 0 Å². The first-order valence-corrected chi connectivity index (χ1v) is 9.60. The van der Waals surface area contributed by atoms with Gasteiger partial charge in [0.15, 0.2) is 6.10 Å². The Labute approximate surface area is 167 Å². The van der Waals surface area contributed by atoms with Crippen LogP contribution in [0, 0.1) is 20.8 Å². The lowest BCUT2D eigenvalue weighted by atomic mass is 9.97. The molecule has 0 bridgehead atoms. The molecule has 0 aliphatic heterocycles. The molecule has 0 saturated heterocycles. The number of hydrogen-bond donors (Lipinski definition) is 1. The fourth-order valence-electron chi connectivity index (χ4n) is 3.10. The Morgan fingerprint density at radius 3 is 2.11 bits per heavy atom. The second-order valence-electron chi connectivity index (χ2n) is 7.29. The SMILES string of the molecule is Cc1ccc(C(NC(=O)C(C)Oc2cc(C)ccc2C)c2ccccc2)cc1. The highest BCUT2D eigenvalue weighted by Gasteiger charge is 2.22. The lowest BCUT2D eigenvalue weighted by Gasteiger charge is -2.23. The van der Waals surface area contributed by atoms with E-state index >= 15 is 0 Å². The predicted molar refractivity (Wildman–Crippen MR) is 114 cm³/mol. The Kier molecular flexibility index (Phi) is 6.15. The quantitative estimate of drug-likeness (QED) is 0.638. The van der Waals surface area contributed by atoms with E-state index in [4.69, 9.17) is 4.74 Å². The molecule has 1 N–H and O–H groups in total. The van der Waals surface area contributed by atoms with E-state index in [0.717, 1.165) is 28.0 Å². The van der Waals surface area contributed by atoms with Gasteiger partial charge in [0.25, 0.3) is 5.91 Å². The molecule has 3 rings (SSSR count). The Bertz CT molecular complexity index is 933. The van der Waals surface area contributed by atoms with Crippen LogP contribution in [0.5, 0.6) is 5.75 Å². The van der Waals surface area contributed by atoms with Gasteiger partial charge in [-0.25, -0.2) is 0 Å². The van der Waals surface area contributed by atoms with Gasteiger partial charge < -0.3 is 10.1 Å². The maximum atomic E-state index is 12.9. The Morgan fingerprint density at radius 2 is 1.43 bits per heavy atom. The van der Waals surface area contributed by atoms with Crippen molar-refractivity contribution < 1.29 is 9.53 Å². The summed E-state index contributed by atoms with van der Waals surface area (Å²) in [6, 6.07) is 24.0. The van der Waals surface area contributed by atoms with E-state index in [0.29, 0.717) is 0 Å². The van der Waals surface area contributed by atoms with Crippen LogP contribution in [0.4, 0.5) is 0 Å². The van der Waals surface area contributed by atoms with Crippen molar-refractivity contribution in [1.29, 1.82) is 0 Å². The average Bonchev–Trinajstić information content (AvgIpc) is 2.70. The fraction of sp³-hybridized carbons (Fsp3) is 0.240. The molecule has 3 heteroatoms. The number of amides is 1. The molecule has 3 aromatic carbocycles. The molecule has 0 aliphatic rings. The summed E-state index contributed by atoms with van der Waals surface area (Å²) in [4.78, 5) is 12.9. The molecule has 3 aromatic rings. The molecule has 2 unspecified atom stereocenters. The predicted octanol–water partition coefficient (Wildman–Crippen LogP) is 5.28. The smallest absolute Gasteiger partial charge is 0.261 e. The van der Waals surface area contributed by atoms with Crippen LogP contribution in [0.1, 0.15) is 40.8 Å². The van der Waals surface area contributed by atoms with E-state index in [2.05, 4.69) is 36.5 Å². The third-order valence-electron chi connectivity index (χ3n) is 4.85. The van der Waals surface area contributed by atoms with Gasteiger partial charge in [0, 0.05) is 0 Å². The van der Waals surface area contributed by atoms with Gasteiger partial charge in [0.2, 0.25) is 0 Å². The van der Waals surface area contributed by atoms with Crippen LogP contribution >= 0.6 is 0 Å². The molecule has 0 aliphatic carbocycles. The summed E-state index contributed by atoms with van der Waals surface area (Å²) in [5, 5.41) is 3.16. The van der Waals surface area contributed by atoms with Gasteiger partial charge in [-0.05, 0) is 56.0 Å². The number of benzene rings is 3. The van der Waals surface area contributed by atoms with Crippen molar-refractivity contribution in [2.24, 2.45) is 0 Å². The molecular formula is C25H27NO2. The summed E-state index contributed by atoms with van der Waals surface area (Å²) in [5.41, 5.74) is 5.40. The molecular weight excluding hydrogens is 346 g/mol. The molecule has 0 radical (unpaired) electrons. The Balaban J connectivity index is 1.80. The van der Waals surface area contributed by atoms with Crippen LogP contribution in [0.25, 0.3) is 0 Å². The summed E-state index contributed by atoms with van der Waals surface area (Å²) in [7, 11) is 0. The molecule has 0 saturated carbocycles. The van der Waals surface area contributed by atoms with Gasteiger partial charge in [0.05, 0.1) is 6.04 Å². The van der Waals surface area contributed by atoms with Crippen LogP contribution in [-0.4, -0.2) is 12.0 Å². The van der Waals surface area contributed by atoms with Crippen LogP contribution in [-0.2, 0) is 4.79 Å². The van der Waals surface area contributed by atoms with Crippen molar-refractivity contribution in [2.75, 3.05) is 0 Å². The summed E-state index contributed by atoms with van der Waals surface area (Å²) in [5.74, 6) is 0.601. The first-order chi connectivity index (χ1) is 13.4. The van der Waals surface area contributed by atoms with Crippen molar-refractivity contribution in [3.63, 3.8) is 0 Å². The van der Waals surface area contributed by atoms with Crippen molar-refractivity contribution in [3.05, 3.63) is 101 Å². The van der Waals surface area contributed by atoms with E-state index < -0.39 is 6.10 Å². The van der Waals surface area contributed by atoms with E-state index in [1.807, 2.05) is 62.4 Å². The van der Waals surface area contributed by atoms with Crippen molar-refractivity contribution in [2.45, 2.75) is 39.8 Å². The molecule has 28 heavy (non-hydrogen) atoms. The molecule has 0 aromatic heterocycles. The first-order valence-electron chi connectivity index (χ1n) is 9.60. The van der Waals surface area contributed by atoms with Crippen LogP contribution in [0.3, 0.4) is 0 Å². The summed E-state index contributed by atoms with van der Waals surface area (Å²) in [6.07, 6.45) is -0.600. The number of carbonyl (C=O) groups is 1. The molecule has 144 valence electrons. The second-order valence-corrected chi connectivity index (χ2v) is 7.29. The second kappa shape index (κ2) is 8.75. The molecule has 1 amide bonds. The fourth-order valence-corrected chi connectivity index (χ4v) is 3.10. The average molecular weight is 373 g/mol. The minimum absolute atomic E-state index is 0.143. The van der Waals surface area contributed by atoms with Crippen LogP contribution in [0.15, 0.2) is 72.8 Å². The van der Waals surface area contributed by atoms with Gasteiger partial charge in [-0.1, -0.05) is 72.3 Å². The third-order valence-corrected chi connectivity index (χ3v) is 4.85. The highest BCUT2D eigenvalue weighted by Crippen LogP contribution is 2.24. The minimum Gasteiger partial charge on any atom is -0.481 e. The normalized spacial score (nSPS) is 12.9. The highest BCUT2D eigenvalue weighted by atomic mass is 16.5. The van der Waals surface area contributed by atoms with Gasteiger partial charge in [-0.2, -0.15) is 0 Å². The number of rotatable bonds is 6. The topological polar surface area (TPSA) is 38.3 Å². The zero-order chi connectivity index (χ0) is 20.1. The number of carbonyl (C=O) groups excluding carboxylic acids is 1. The number of nitrogens with one attached hydrogen (secondary N) is 1. The van der Waals surface area contributed by atoms with E-state index in [-0.39, 0.29) is 11.9 Å². The largest absolute Gasteiger partial charge is 0.481 e. The zero-order valence-electron chi connectivity index (χ0n) is 16.9. The van der Waals surface area contributed by atoms with Crippen LogP contribution in [0.2, 0.25) is 0 Å². The van der Waals surface area contributed by atoms with E-state index in [1.54, 1.807) is 6.92 Å². The van der Waals surface area contributed by atoms with Crippen LogP contribution < -0.4 is 10.1 Å². The lowest BCUT2D eigenvalue weighted by Crippen LogP contribution is -2.39. The maximum Gasteiger partial charge on any atom is 0.261 e. The van der Waals surface area contributed by atoms with Gasteiger partial charge in [0.1, 0.15) is 5.75 Å². The monoisotopic (exact) mass is 373 g/mol. The highest BCUT2D eigenvalue weighted by molar-refractivity contribution is 5.81. The lowest BCUT2D eigenvalue weighted by molar-refractivity contribution is -0.127. The molecule has 0 heterocycles. The van der Waals surface area contributed by atoms with Crippen molar-refractivity contribution in [3.8, 4) is 5.75 Å². The summed E-state index contributed by atoms with van der Waals surface area (Å²) < 4.78 is 5.97. The summed E-state index contributed by atoms with van der Waals surface area (Å²) >= 11 is 0. The Morgan fingerprint density at radius 1 is 0.821 bits per heavy atom. The van der Waals surface area contributed by atoms with Crippen molar-refractivity contribution >= 4 is 5.91 Å². The maximum absolute atomic E-state index is 12.9. The molecule has 0 fully saturated rings. The van der Waals surface area contributed by atoms with E-state index in [1.165, 1.54) is 5.56 Å². The number of aryl methyl sites for hydroxylation is 3. The number of hydrogen-bond acceptors (Lipinski definition) is 2. The van der Waals surface area contributed by atoms with Gasteiger partial charge in [-0.3, -0.25) is 4.79 Å². The first kappa shape index (κ1) is 19.7. The number of ether oxygens (including phenoxy) is 1. The van der Waals surface area contributed by atoms with Crippen molar-refractivity contribution in [1.82, 2.24) is 5.32 Å². The zero-order valence-corrected chi connectivity index (χ0v) is 16.9. The molecule has 0 spiro atoms. The molecule has 3 nitrogen and oxygen atoms in total. The van der Waals surface area contributed by atoms with Gasteiger partial charge in [-0.15, -0.1) is 0 Å². The minimum atomic E-state index is -0.600. The Hall–Kier alpha value is -3.07. The molecule has 2 atom stereocenters. The summed E-state index contributed by atoms with van der Waals surface area (Å²) in [6.45, 7) is 7.84. The standard InChI is InChI=1S/C25H27NO2/c1-17-11-14-22(15-12-17)24(21-8-6-5-7-9-21)26-25(27)20(4)28-23-16-18(2)10-13-19(23)3/h5-16,20,24H,1-4H3,(H,26,27). The third kappa shape index (κ3) is 4.80.